The van der Waals surface area contributed by atoms with Gasteiger partial charge in [0.05, 0.1) is 17.5 Å². The molecule has 0 unspecified atom stereocenters. The number of tetrazole rings is 1. The highest BCUT2D eigenvalue weighted by atomic mass is 32.1. The summed E-state index contributed by atoms with van der Waals surface area (Å²) in [6.45, 7) is 0.766. The summed E-state index contributed by atoms with van der Waals surface area (Å²) in [6, 6.07) is 3.76. The first-order valence-electron chi connectivity index (χ1n) is 6.50. The largest absolute Gasteiger partial charge is 0.394 e. The molecule has 7 nitrogen and oxygen atoms in total. The van der Waals surface area contributed by atoms with Gasteiger partial charge in [-0.2, -0.15) is 4.80 Å². The van der Waals surface area contributed by atoms with Gasteiger partial charge < -0.3 is 10.0 Å². The van der Waals surface area contributed by atoms with Crippen LogP contribution in [0.5, 0.6) is 0 Å². The van der Waals surface area contributed by atoms with Crippen molar-refractivity contribution < 1.29 is 9.90 Å². The van der Waals surface area contributed by atoms with Gasteiger partial charge in [0.1, 0.15) is 6.54 Å². The number of aromatic nitrogens is 4. The molecule has 1 amide bonds. The first-order valence-corrected chi connectivity index (χ1v) is 7.38. The van der Waals surface area contributed by atoms with Crippen LogP contribution in [0.3, 0.4) is 0 Å². The number of nitrogens with zero attached hydrogens (tertiary/aromatic N) is 5. The molecule has 2 aromatic heterocycles. The topological polar surface area (TPSA) is 84.1 Å². The first-order chi connectivity index (χ1) is 9.78. The van der Waals surface area contributed by atoms with Crippen molar-refractivity contribution in [2.75, 3.05) is 13.2 Å². The third kappa shape index (κ3) is 2.56. The molecule has 3 heterocycles. The van der Waals surface area contributed by atoms with Crippen molar-refractivity contribution in [1.82, 2.24) is 25.1 Å². The third-order valence-electron chi connectivity index (χ3n) is 3.38. The van der Waals surface area contributed by atoms with Crippen LogP contribution < -0.4 is 0 Å². The molecule has 1 atom stereocenters. The molecule has 1 N–H and O–H groups in total. The fourth-order valence-corrected chi connectivity index (χ4v) is 3.03. The predicted molar refractivity (Wildman–Crippen MR) is 73.0 cm³/mol. The second-order valence-corrected chi connectivity index (χ2v) is 5.63. The summed E-state index contributed by atoms with van der Waals surface area (Å²) in [4.78, 5) is 16.1. The van der Waals surface area contributed by atoms with E-state index in [0.717, 1.165) is 17.7 Å². The number of thiophene rings is 1. The van der Waals surface area contributed by atoms with Crippen LogP contribution in [0.25, 0.3) is 10.7 Å². The van der Waals surface area contributed by atoms with Crippen molar-refractivity contribution in [2.24, 2.45) is 0 Å². The summed E-state index contributed by atoms with van der Waals surface area (Å²) >= 11 is 1.53. The average molecular weight is 293 g/mol. The van der Waals surface area contributed by atoms with Gasteiger partial charge in [0.2, 0.25) is 11.7 Å². The summed E-state index contributed by atoms with van der Waals surface area (Å²) in [5, 5.41) is 23.2. The monoisotopic (exact) mass is 293 g/mol. The minimum atomic E-state index is -0.0725. The van der Waals surface area contributed by atoms with Crippen LogP contribution in [0.15, 0.2) is 17.5 Å². The van der Waals surface area contributed by atoms with Crippen LogP contribution in [0, 0.1) is 0 Å². The van der Waals surface area contributed by atoms with E-state index in [-0.39, 0.29) is 25.1 Å². The van der Waals surface area contributed by atoms with Crippen molar-refractivity contribution in [2.45, 2.75) is 25.4 Å². The van der Waals surface area contributed by atoms with E-state index in [2.05, 4.69) is 15.4 Å². The lowest BCUT2D eigenvalue weighted by Gasteiger charge is -2.22. The number of carbonyl (C=O) groups is 1. The molecular formula is C12H15N5O2S. The number of carbonyl (C=O) groups excluding carboxylic acids is 1. The van der Waals surface area contributed by atoms with Crippen LogP contribution in [0.1, 0.15) is 12.8 Å². The Morgan fingerprint density at radius 2 is 2.45 bits per heavy atom. The van der Waals surface area contributed by atoms with Crippen LogP contribution in [-0.2, 0) is 11.3 Å². The molecule has 0 spiro atoms. The van der Waals surface area contributed by atoms with Gasteiger partial charge >= 0.3 is 0 Å². The van der Waals surface area contributed by atoms with Crippen LogP contribution >= 0.6 is 11.3 Å². The predicted octanol–water partition coefficient (Wildman–Crippen LogP) is 0.385. The van der Waals surface area contributed by atoms with Gasteiger partial charge in [-0.05, 0) is 29.5 Å². The maximum absolute atomic E-state index is 12.2. The Labute approximate surface area is 119 Å². The molecule has 1 fully saturated rings. The van der Waals surface area contributed by atoms with Gasteiger partial charge in [0.25, 0.3) is 0 Å². The van der Waals surface area contributed by atoms with Gasteiger partial charge in [0.15, 0.2) is 0 Å². The number of hydrogen-bond donors (Lipinski definition) is 1. The summed E-state index contributed by atoms with van der Waals surface area (Å²) < 4.78 is 0. The van der Waals surface area contributed by atoms with Crippen molar-refractivity contribution >= 4 is 17.2 Å². The standard InChI is InChI=1S/C12H15N5O2S/c18-8-9-3-1-5-16(9)11(19)7-17-14-12(13-15-17)10-4-2-6-20-10/h2,4,6,9,18H,1,3,5,7-8H2/t9-/m1/s1. The van der Waals surface area contributed by atoms with Gasteiger partial charge in [-0.1, -0.05) is 6.07 Å². The zero-order valence-electron chi connectivity index (χ0n) is 10.8. The Morgan fingerprint density at radius 1 is 1.55 bits per heavy atom. The highest BCUT2D eigenvalue weighted by molar-refractivity contribution is 7.13. The van der Waals surface area contributed by atoms with E-state index in [1.165, 1.54) is 16.1 Å². The molecule has 1 aliphatic heterocycles. The van der Waals surface area contributed by atoms with Gasteiger partial charge in [-0.3, -0.25) is 4.79 Å². The summed E-state index contributed by atoms with van der Waals surface area (Å²) in [6.07, 6.45) is 1.79. The first kappa shape index (κ1) is 13.2. The Kier molecular flexibility index (Phi) is 3.75. The Balaban J connectivity index is 1.67. The maximum atomic E-state index is 12.2. The molecule has 0 radical (unpaired) electrons. The minimum absolute atomic E-state index is 0.0109. The quantitative estimate of drug-likeness (QED) is 0.881. The number of rotatable bonds is 4. The molecule has 106 valence electrons. The molecule has 3 rings (SSSR count). The minimum Gasteiger partial charge on any atom is -0.394 e. The molecule has 20 heavy (non-hydrogen) atoms. The van der Waals surface area contributed by atoms with E-state index < -0.39 is 0 Å². The molecule has 2 aromatic rings. The van der Waals surface area contributed by atoms with Crippen molar-refractivity contribution in [1.29, 1.82) is 0 Å². The number of hydrogen-bond acceptors (Lipinski definition) is 6. The SMILES string of the molecule is O=C(Cn1nnc(-c2cccs2)n1)N1CCC[C@@H]1CO. The van der Waals surface area contributed by atoms with Gasteiger partial charge in [0, 0.05) is 6.54 Å². The summed E-state index contributed by atoms with van der Waals surface area (Å²) in [7, 11) is 0. The average Bonchev–Trinajstić information content (AvgIpc) is 3.19. The van der Waals surface area contributed by atoms with Crippen molar-refractivity contribution in [3.05, 3.63) is 17.5 Å². The number of likely N-dealkylation sites (tertiary alicyclic amines) is 1. The zero-order chi connectivity index (χ0) is 13.9. The summed E-state index contributed by atoms with van der Waals surface area (Å²) in [5.74, 6) is 0.463. The van der Waals surface area contributed by atoms with E-state index in [4.69, 9.17) is 0 Å². The molecule has 0 aliphatic carbocycles. The van der Waals surface area contributed by atoms with Crippen LogP contribution in [-0.4, -0.2) is 55.3 Å². The van der Waals surface area contributed by atoms with E-state index in [1.54, 1.807) is 4.90 Å². The zero-order valence-corrected chi connectivity index (χ0v) is 11.7. The smallest absolute Gasteiger partial charge is 0.246 e. The van der Waals surface area contributed by atoms with E-state index >= 15 is 0 Å². The fraction of sp³-hybridized carbons (Fsp3) is 0.500. The highest BCUT2D eigenvalue weighted by Crippen LogP contribution is 2.20. The fourth-order valence-electron chi connectivity index (χ4n) is 2.38. The maximum Gasteiger partial charge on any atom is 0.246 e. The highest BCUT2D eigenvalue weighted by Gasteiger charge is 2.28. The lowest BCUT2D eigenvalue weighted by Crippen LogP contribution is -2.39. The molecule has 0 saturated carbocycles. The molecule has 8 heteroatoms. The molecule has 0 aromatic carbocycles. The number of aliphatic hydroxyl groups is 1. The van der Waals surface area contributed by atoms with Gasteiger partial charge in [-0.15, -0.1) is 21.5 Å². The summed E-state index contributed by atoms with van der Waals surface area (Å²) in [5.41, 5.74) is 0. The number of amides is 1. The lowest BCUT2D eigenvalue weighted by atomic mass is 10.2. The van der Waals surface area contributed by atoms with Crippen LogP contribution in [0.2, 0.25) is 0 Å². The van der Waals surface area contributed by atoms with Crippen molar-refractivity contribution in [3.8, 4) is 10.7 Å². The number of aliphatic hydroxyl groups excluding tert-OH is 1. The Morgan fingerprint density at radius 3 is 3.20 bits per heavy atom. The Bertz CT molecular complexity index is 582. The molecule has 1 saturated heterocycles. The second-order valence-electron chi connectivity index (χ2n) is 4.69. The van der Waals surface area contributed by atoms with Crippen LogP contribution in [0.4, 0.5) is 0 Å². The van der Waals surface area contributed by atoms with E-state index in [9.17, 15) is 9.90 Å². The molecule has 1 aliphatic rings. The van der Waals surface area contributed by atoms with E-state index in [1.807, 2.05) is 17.5 Å². The lowest BCUT2D eigenvalue weighted by molar-refractivity contribution is -0.133. The molecular weight excluding hydrogens is 278 g/mol. The normalized spacial score (nSPS) is 18.6. The van der Waals surface area contributed by atoms with E-state index in [0.29, 0.717) is 12.4 Å². The Hall–Kier alpha value is -1.80. The molecule has 0 bridgehead atoms. The van der Waals surface area contributed by atoms with Gasteiger partial charge in [-0.25, -0.2) is 0 Å². The second kappa shape index (κ2) is 5.68. The third-order valence-corrected chi connectivity index (χ3v) is 4.25. The van der Waals surface area contributed by atoms with Crippen molar-refractivity contribution in [3.63, 3.8) is 0 Å².